The number of hydrogen-bond donors (Lipinski definition) is 1. The fourth-order valence-electron chi connectivity index (χ4n) is 3.42. The second kappa shape index (κ2) is 9.16. The first-order chi connectivity index (χ1) is 15.0. The largest absolute Gasteiger partial charge is 0.494 e. The number of piperidine rings is 1. The number of carbonyl (C=O) groups excluding carboxylic acids is 1. The van der Waals surface area contributed by atoms with Crippen molar-refractivity contribution in [1.82, 2.24) is 14.5 Å². The molecule has 3 aromatic rings. The van der Waals surface area contributed by atoms with E-state index in [0.29, 0.717) is 31.6 Å². The topological polar surface area (TPSA) is 115 Å². The van der Waals surface area contributed by atoms with Crippen LogP contribution in [0.3, 0.4) is 0 Å². The van der Waals surface area contributed by atoms with Gasteiger partial charge in [0.25, 0.3) is 10.0 Å². The molecular weight excluding hydrogens is 440 g/mol. The number of ether oxygens (including phenoxy) is 1. The molecule has 0 saturated carbocycles. The van der Waals surface area contributed by atoms with E-state index in [4.69, 9.17) is 9.15 Å². The van der Waals surface area contributed by atoms with Gasteiger partial charge in [0.1, 0.15) is 16.0 Å². The van der Waals surface area contributed by atoms with Crippen LogP contribution in [0.1, 0.15) is 26.2 Å². The summed E-state index contributed by atoms with van der Waals surface area (Å²) in [6, 6.07) is 9.45. The molecule has 0 aliphatic carbocycles. The van der Waals surface area contributed by atoms with E-state index in [0.717, 1.165) is 23.5 Å². The molecule has 31 heavy (non-hydrogen) atoms. The fourth-order valence-corrected chi connectivity index (χ4v) is 6.20. The molecule has 1 atom stereocenters. The molecule has 1 unspecified atom stereocenters. The molecule has 1 aliphatic rings. The highest BCUT2D eigenvalue weighted by Gasteiger charge is 2.38. The Kier molecular flexibility index (Phi) is 6.35. The van der Waals surface area contributed by atoms with Gasteiger partial charge in [-0.1, -0.05) is 17.6 Å². The van der Waals surface area contributed by atoms with Crippen LogP contribution in [-0.4, -0.2) is 48.0 Å². The first-order valence-electron chi connectivity index (χ1n) is 9.92. The number of benzene rings is 1. The molecule has 0 spiro atoms. The molecule has 2 aromatic heterocycles. The molecule has 9 nitrogen and oxygen atoms in total. The van der Waals surface area contributed by atoms with Gasteiger partial charge in [-0.2, -0.15) is 4.31 Å². The minimum atomic E-state index is -3.74. The Bertz CT molecular complexity index is 1130. The zero-order valence-electron chi connectivity index (χ0n) is 16.9. The summed E-state index contributed by atoms with van der Waals surface area (Å²) >= 11 is 1.14. The van der Waals surface area contributed by atoms with Gasteiger partial charge in [-0.3, -0.25) is 10.1 Å². The summed E-state index contributed by atoms with van der Waals surface area (Å²) in [4.78, 5) is 12.9. The molecule has 0 radical (unpaired) electrons. The molecule has 4 rings (SSSR count). The van der Waals surface area contributed by atoms with Crippen LogP contribution in [0.15, 0.2) is 50.4 Å². The van der Waals surface area contributed by atoms with E-state index in [-0.39, 0.29) is 16.1 Å². The Labute approximate surface area is 184 Å². The van der Waals surface area contributed by atoms with E-state index < -0.39 is 22.0 Å². The van der Waals surface area contributed by atoms with Gasteiger partial charge in [-0.15, -0.1) is 16.4 Å². The zero-order chi connectivity index (χ0) is 21.8. The maximum Gasteiger partial charge on any atom is 0.322 e. The van der Waals surface area contributed by atoms with Crippen LogP contribution in [0.4, 0.5) is 6.01 Å². The summed E-state index contributed by atoms with van der Waals surface area (Å²) in [6.07, 6.45) is 1.89. The van der Waals surface area contributed by atoms with Gasteiger partial charge >= 0.3 is 6.01 Å². The smallest absolute Gasteiger partial charge is 0.322 e. The number of carbonyl (C=O) groups is 1. The third kappa shape index (κ3) is 4.63. The molecule has 1 amide bonds. The number of nitrogens with zero attached hydrogens (tertiary/aromatic N) is 3. The minimum absolute atomic E-state index is 0.0760. The van der Waals surface area contributed by atoms with Crippen LogP contribution < -0.4 is 10.1 Å². The predicted molar refractivity (Wildman–Crippen MR) is 115 cm³/mol. The quantitative estimate of drug-likeness (QED) is 0.572. The van der Waals surface area contributed by atoms with Crippen LogP contribution in [0.25, 0.3) is 11.5 Å². The van der Waals surface area contributed by atoms with Crippen molar-refractivity contribution in [1.29, 1.82) is 0 Å². The third-order valence-corrected chi connectivity index (χ3v) is 8.16. The number of nitrogens with one attached hydrogen (secondary N) is 1. The van der Waals surface area contributed by atoms with Crippen molar-refractivity contribution >= 4 is 33.3 Å². The third-order valence-electron chi connectivity index (χ3n) is 4.88. The SMILES string of the molecule is CCOc1ccc(-c2nnc(NC(=O)C3CCCCN3S(=O)(=O)c3cccs3)o2)cc1. The summed E-state index contributed by atoms with van der Waals surface area (Å²) in [5, 5.41) is 12.1. The van der Waals surface area contributed by atoms with Gasteiger partial charge in [0, 0.05) is 12.1 Å². The second-order valence-corrected chi connectivity index (χ2v) is 9.98. The van der Waals surface area contributed by atoms with Crippen molar-refractivity contribution in [3.8, 4) is 17.2 Å². The Hall–Kier alpha value is -2.76. The van der Waals surface area contributed by atoms with Crippen LogP contribution >= 0.6 is 11.3 Å². The molecule has 1 N–H and O–H groups in total. The molecule has 11 heteroatoms. The number of aromatic nitrogens is 2. The summed E-state index contributed by atoms with van der Waals surface area (Å²) in [7, 11) is -3.74. The molecular formula is C20H22N4O5S2. The maximum atomic E-state index is 13.0. The number of hydrogen-bond acceptors (Lipinski definition) is 8. The Morgan fingerprint density at radius 3 is 2.77 bits per heavy atom. The van der Waals surface area contributed by atoms with Crippen LogP contribution in [0.2, 0.25) is 0 Å². The van der Waals surface area contributed by atoms with E-state index in [1.165, 1.54) is 4.31 Å². The lowest BCUT2D eigenvalue weighted by Gasteiger charge is -2.32. The average molecular weight is 463 g/mol. The number of sulfonamides is 1. The van der Waals surface area contributed by atoms with E-state index in [1.807, 2.05) is 6.92 Å². The monoisotopic (exact) mass is 462 g/mol. The first kappa shape index (κ1) is 21.5. The normalized spacial score (nSPS) is 17.4. The number of thiophene rings is 1. The molecule has 1 saturated heterocycles. The predicted octanol–water partition coefficient (Wildman–Crippen LogP) is 3.38. The number of anilines is 1. The van der Waals surface area contributed by atoms with Crippen molar-refractivity contribution < 1.29 is 22.4 Å². The molecule has 164 valence electrons. The van der Waals surface area contributed by atoms with Crippen molar-refractivity contribution in [2.75, 3.05) is 18.5 Å². The second-order valence-electron chi connectivity index (χ2n) is 6.92. The summed E-state index contributed by atoms with van der Waals surface area (Å²) in [6.45, 7) is 2.76. The maximum absolute atomic E-state index is 13.0. The molecule has 1 aliphatic heterocycles. The zero-order valence-corrected chi connectivity index (χ0v) is 18.5. The summed E-state index contributed by atoms with van der Waals surface area (Å²) in [5.41, 5.74) is 0.677. The van der Waals surface area contributed by atoms with E-state index in [2.05, 4.69) is 15.5 Å². The van der Waals surface area contributed by atoms with Crippen molar-refractivity contribution in [2.45, 2.75) is 36.4 Å². The summed E-state index contributed by atoms with van der Waals surface area (Å²) < 4.78 is 38.4. The summed E-state index contributed by atoms with van der Waals surface area (Å²) in [5.74, 6) is 0.482. The van der Waals surface area contributed by atoms with E-state index >= 15 is 0 Å². The Morgan fingerprint density at radius 1 is 1.26 bits per heavy atom. The van der Waals surface area contributed by atoms with E-state index in [1.54, 1.807) is 41.8 Å². The van der Waals surface area contributed by atoms with Gasteiger partial charge in [0.15, 0.2) is 0 Å². The van der Waals surface area contributed by atoms with Crippen molar-refractivity contribution in [2.24, 2.45) is 0 Å². The average Bonchev–Trinajstić information content (AvgIpc) is 3.47. The highest BCUT2D eigenvalue weighted by atomic mass is 32.2. The van der Waals surface area contributed by atoms with Gasteiger partial charge in [0.2, 0.25) is 11.8 Å². The van der Waals surface area contributed by atoms with Crippen LogP contribution in [0, 0.1) is 0 Å². The van der Waals surface area contributed by atoms with Gasteiger partial charge in [-0.25, -0.2) is 8.42 Å². The van der Waals surface area contributed by atoms with Crippen LogP contribution in [-0.2, 0) is 14.8 Å². The lowest BCUT2D eigenvalue weighted by molar-refractivity contribution is -0.120. The van der Waals surface area contributed by atoms with Crippen molar-refractivity contribution in [3.63, 3.8) is 0 Å². The molecule has 1 fully saturated rings. The van der Waals surface area contributed by atoms with Gasteiger partial charge in [0.05, 0.1) is 6.61 Å². The first-order valence-corrected chi connectivity index (χ1v) is 12.2. The molecule has 3 heterocycles. The Morgan fingerprint density at radius 2 is 2.06 bits per heavy atom. The van der Waals surface area contributed by atoms with E-state index in [9.17, 15) is 13.2 Å². The molecule has 1 aromatic carbocycles. The fraction of sp³-hybridized carbons (Fsp3) is 0.350. The van der Waals surface area contributed by atoms with Crippen LogP contribution in [0.5, 0.6) is 5.75 Å². The van der Waals surface area contributed by atoms with Crippen molar-refractivity contribution in [3.05, 3.63) is 41.8 Å². The molecule has 0 bridgehead atoms. The standard InChI is InChI=1S/C20H22N4O5S2/c1-2-28-15-10-8-14(9-11-15)19-22-23-20(29-19)21-18(25)16-6-3-4-12-24(16)31(26,27)17-7-5-13-30-17/h5,7-11,13,16H,2-4,6,12H2,1H3,(H,21,23,25). The minimum Gasteiger partial charge on any atom is -0.494 e. The van der Waals surface area contributed by atoms with Gasteiger partial charge < -0.3 is 9.15 Å². The van der Waals surface area contributed by atoms with Gasteiger partial charge in [-0.05, 0) is 55.5 Å². The number of rotatable bonds is 7. The Balaban J connectivity index is 1.48. The lowest BCUT2D eigenvalue weighted by atomic mass is 10.0. The highest BCUT2D eigenvalue weighted by Crippen LogP contribution is 2.29. The lowest BCUT2D eigenvalue weighted by Crippen LogP contribution is -2.49. The number of amides is 1. The highest BCUT2D eigenvalue weighted by molar-refractivity contribution is 7.91.